The molecule has 4 aliphatic heterocycles. The van der Waals surface area contributed by atoms with Crippen molar-refractivity contribution < 1.29 is 9.59 Å². The molecule has 432 valence electrons. The average Bonchev–Trinajstić information content (AvgIpc) is 2.31. The van der Waals surface area contributed by atoms with Crippen molar-refractivity contribution in [1.82, 2.24) is 78.3 Å². The van der Waals surface area contributed by atoms with Crippen LogP contribution in [0.15, 0.2) is 147 Å². The van der Waals surface area contributed by atoms with Gasteiger partial charge in [-0.15, -0.1) is 0 Å². The predicted molar refractivity (Wildman–Crippen MR) is 324 cm³/mol. The van der Waals surface area contributed by atoms with Gasteiger partial charge in [0, 0.05) is 152 Å². The number of hydrogen-bond acceptors (Lipinski definition) is 16. The maximum Gasteiger partial charge on any atom is 0.227 e. The van der Waals surface area contributed by atoms with Gasteiger partial charge in [0.25, 0.3) is 0 Å². The summed E-state index contributed by atoms with van der Waals surface area (Å²) in [6, 6.07) is 33.2. The zero-order chi connectivity index (χ0) is 59.0. The number of likely N-dealkylation sites (N-methyl/N-ethyl adjacent to an activating group) is 2. The number of piperazine rings is 2. The molecular formula is C64H64N20O2. The van der Waals surface area contributed by atoms with E-state index in [1.54, 1.807) is 55.6 Å². The third-order valence-electron chi connectivity index (χ3n) is 17.2. The van der Waals surface area contributed by atoms with Crippen LogP contribution in [0, 0.1) is 34.5 Å². The van der Waals surface area contributed by atoms with E-state index >= 15 is 0 Å². The van der Waals surface area contributed by atoms with Crippen LogP contribution in [0.5, 0.6) is 0 Å². The summed E-state index contributed by atoms with van der Waals surface area (Å²) in [7, 11) is 7.91. The van der Waals surface area contributed by atoms with Crippen LogP contribution in [0.2, 0.25) is 0 Å². The number of anilines is 2. The fourth-order valence-corrected chi connectivity index (χ4v) is 12.8. The highest BCUT2D eigenvalue weighted by Crippen LogP contribution is 2.37. The van der Waals surface area contributed by atoms with Gasteiger partial charge >= 0.3 is 0 Å². The molecule has 0 N–H and O–H groups in total. The number of pyridine rings is 2. The first-order chi connectivity index (χ1) is 42.0. The maximum atomic E-state index is 13.7. The number of aryl methyl sites for hydroxylation is 2. The summed E-state index contributed by atoms with van der Waals surface area (Å²) in [5, 5.41) is 36.8. The lowest BCUT2D eigenvalue weighted by Gasteiger charge is -2.37. The van der Waals surface area contributed by atoms with E-state index in [-0.39, 0.29) is 35.5 Å². The lowest BCUT2D eigenvalue weighted by atomic mass is 9.88. The highest BCUT2D eigenvalue weighted by molar-refractivity contribution is 5.85. The Morgan fingerprint density at radius 2 is 0.860 bits per heavy atom. The van der Waals surface area contributed by atoms with E-state index in [1.807, 2.05) is 85.1 Å². The fourth-order valence-electron chi connectivity index (χ4n) is 12.8. The van der Waals surface area contributed by atoms with Crippen LogP contribution >= 0.6 is 0 Å². The molecule has 4 aliphatic rings. The predicted octanol–water partition coefficient (Wildman–Crippen LogP) is 6.11. The quantitative estimate of drug-likeness (QED) is 0.151. The molecule has 0 spiro atoms. The van der Waals surface area contributed by atoms with Crippen LogP contribution in [-0.4, -0.2) is 183 Å². The van der Waals surface area contributed by atoms with Gasteiger partial charge in [0.15, 0.2) is 0 Å². The molecule has 14 rings (SSSR count). The molecule has 0 aliphatic carbocycles. The number of amides is 2. The van der Waals surface area contributed by atoms with Crippen LogP contribution in [0.1, 0.15) is 34.1 Å². The molecule has 22 nitrogen and oxygen atoms in total. The Hall–Kier alpha value is -10.2. The van der Waals surface area contributed by atoms with Crippen molar-refractivity contribution in [2.75, 3.05) is 102 Å². The number of hydrogen-bond donors (Lipinski definition) is 0. The minimum atomic E-state index is -0.0232. The van der Waals surface area contributed by atoms with Gasteiger partial charge in [0.1, 0.15) is 45.9 Å². The molecule has 22 heteroatoms. The monoisotopic (exact) mass is 1140 g/mol. The van der Waals surface area contributed by atoms with Crippen molar-refractivity contribution in [2.24, 2.45) is 25.9 Å². The Labute approximate surface area is 497 Å². The van der Waals surface area contributed by atoms with Crippen LogP contribution < -0.4 is 9.80 Å². The molecule has 4 saturated heterocycles. The summed E-state index contributed by atoms with van der Waals surface area (Å²) in [6.07, 6.45) is 17.6. The Morgan fingerprint density at radius 3 is 1.21 bits per heavy atom. The van der Waals surface area contributed by atoms with Crippen molar-refractivity contribution in [2.45, 2.75) is 11.8 Å². The van der Waals surface area contributed by atoms with Gasteiger partial charge in [0.2, 0.25) is 11.8 Å². The van der Waals surface area contributed by atoms with E-state index in [1.165, 1.54) is 11.1 Å². The average molecular weight is 1150 g/mol. The topological polar surface area (TPSA) is 223 Å². The van der Waals surface area contributed by atoms with E-state index in [2.05, 4.69) is 115 Å². The number of benzene rings is 2. The van der Waals surface area contributed by atoms with Crippen molar-refractivity contribution >= 4 is 34.5 Å². The Bertz CT molecular complexity index is 3890. The molecule has 4 atom stereocenters. The zero-order valence-corrected chi connectivity index (χ0v) is 48.4. The molecule has 10 aromatic rings. The zero-order valence-electron chi connectivity index (χ0n) is 48.4. The second-order valence-electron chi connectivity index (χ2n) is 22.8. The van der Waals surface area contributed by atoms with Crippen molar-refractivity contribution in [3.8, 4) is 57.2 Å². The standard InChI is InChI=1S/2C32H32N10O/c2*1-38-19-26(22-6-4-3-5-7-22)27(20-38)32(43)41-12-10-40(11-13-41)29-9-8-23(15-34-29)30-31-24(14-33)16-36-42(31)21-28(37-30)25-17-35-39(2)18-25/h2*3-9,15-18,21,26-27H,10-13,19-20H2,1-2H3/t2*26-,27+/m10/s1. The minimum Gasteiger partial charge on any atom is -0.353 e. The third kappa shape index (κ3) is 10.9. The van der Waals surface area contributed by atoms with Crippen LogP contribution in [0.4, 0.5) is 11.6 Å². The number of likely N-dealkylation sites (tertiary alicyclic amines) is 2. The second kappa shape index (κ2) is 23.5. The molecule has 86 heavy (non-hydrogen) atoms. The number of carbonyl (C=O) groups is 2. The highest BCUT2D eigenvalue weighted by Gasteiger charge is 2.41. The van der Waals surface area contributed by atoms with Crippen LogP contribution in [0.25, 0.3) is 56.1 Å². The largest absolute Gasteiger partial charge is 0.353 e. The van der Waals surface area contributed by atoms with Gasteiger partial charge in [0.05, 0.1) is 71.8 Å². The number of fused-ring (bicyclic) bond motifs is 2. The first-order valence-electron chi connectivity index (χ1n) is 29.0. The summed E-state index contributed by atoms with van der Waals surface area (Å²) in [4.78, 5) is 59.8. The minimum absolute atomic E-state index is 0.0232. The Balaban J connectivity index is 0.000000160. The van der Waals surface area contributed by atoms with Gasteiger partial charge in [-0.3, -0.25) is 19.0 Å². The second-order valence-corrected chi connectivity index (χ2v) is 22.8. The van der Waals surface area contributed by atoms with Gasteiger partial charge in [-0.2, -0.15) is 30.9 Å². The molecule has 0 saturated carbocycles. The van der Waals surface area contributed by atoms with Crippen molar-refractivity contribution in [3.63, 3.8) is 0 Å². The molecule has 2 aromatic carbocycles. The summed E-state index contributed by atoms with van der Waals surface area (Å²) in [5.41, 5.74) is 10.7. The van der Waals surface area contributed by atoms with E-state index in [4.69, 9.17) is 19.9 Å². The molecule has 0 bridgehead atoms. The maximum absolute atomic E-state index is 13.7. The van der Waals surface area contributed by atoms with Gasteiger partial charge in [-0.25, -0.2) is 29.0 Å². The molecular weight excluding hydrogens is 1080 g/mol. The summed E-state index contributed by atoms with van der Waals surface area (Å²) >= 11 is 0. The Kier molecular flexibility index (Phi) is 15.0. The smallest absolute Gasteiger partial charge is 0.227 e. The summed E-state index contributed by atoms with van der Waals surface area (Å²) < 4.78 is 6.83. The van der Waals surface area contributed by atoms with E-state index < -0.39 is 0 Å². The van der Waals surface area contributed by atoms with Crippen LogP contribution in [-0.2, 0) is 23.7 Å². The van der Waals surface area contributed by atoms with E-state index in [0.29, 0.717) is 71.1 Å². The molecule has 0 unspecified atom stereocenters. The van der Waals surface area contributed by atoms with Crippen molar-refractivity contribution in [1.29, 1.82) is 10.5 Å². The third-order valence-corrected chi connectivity index (χ3v) is 17.2. The number of aromatic nitrogens is 12. The normalized spacial score (nSPS) is 19.2. The van der Waals surface area contributed by atoms with Gasteiger partial charge in [-0.05, 0) is 49.5 Å². The fraction of sp³-hybridized carbons (Fsp3) is 0.312. The molecule has 0 radical (unpaired) electrons. The van der Waals surface area contributed by atoms with E-state index in [9.17, 15) is 20.1 Å². The lowest BCUT2D eigenvalue weighted by Crippen LogP contribution is -2.51. The Morgan fingerprint density at radius 1 is 0.453 bits per heavy atom. The first kappa shape index (κ1) is 55.1. The number of nitrogens with zero attached hydrogens (tertiary/aromatic N) is 20. The molecule has 12 heterocycles. The first-order valence-corrected chi connectivity index (χ1v) is 29.0. The van der Waals surface area contributed by atoms with Gasteiger partial charge < -0.3 is 29.4 Å². The number of rotatable bonds is 10. The van der Waals surface area contributed by atoms with E-state index in [0.717, 1.165) is 86.2 Å². The molecule has 8 aromatic heterocycles. The number of carbonyl (C=O) groups excluding carboxylic acids is 2. The highest BCUT2D eigenvalue weighted by atomic mass is 16.2. The summed E-state index contributed by atoms with van der Waals surface area (Å²) in [6.45, 7) is 8.92. The van der Waals surface area contributed by atoms with Crippen LogP contribution in [0.3, 0.4) is 0 Å². The SMILES string of the molecule is CN1C[C@@H](C(=O)N2CCN(c3ccc(-c4nc(-c5cnn(C)c5)cn5ncc(C#N)c45)cn3)CC2)[C@H](c2ccccc2)C1.CN1C[C@H](C(=O)N2CCN(c3ccc(-c4nc(-c5cnn(C)c5)cn5ncc(C#N)c45)cn3)CC2)[C@@H](c2ccccc2)C1. The number of nitriles is 2. The summed E-state index contributed by atoms with van der Waals surface area (Å²) in [5.74, 6) is 2.60. The molecule has 2 amide bonds. The molecule has 4 fully saturated rings. The lowest BCUT2D eigenvalue weighted by molar-refractivity contribution is -0.136. The van der Waals surface area contributed by atoms with Crippen molar-refractivity contribution in [3.05, 3.63) is 169 Å². The van der Waals surface area contributed by atoms with Gasteiger partial charge in [-0.1, -0.05) is 60.7 Å².